The molecule has 0 bridgehead atoms. The van der Waals surface area contributed by atoms with Gasteiger partial charge in [-0.25, -0.2) is 8.42 Å². The molecule has 1 amide bonds. The Kier molecular flexibility index (Phi) is 4.57. The first kappa shape index (κ1) is 17.1. The average Bonchev–Trinajstić information content (AvgIpc) is 2.96. The van der Waals surface area contributed by atoms with E-state index >= 15 is 0 Å². The molecule has 2 aromatic carbocycles. The predicted octanol–water partition coefficient (Wildman–Crippen LogP) is 1.95. The molecule has 1 fully saturated rings. The van der Waals surface area contributed by atoms with Crippen LogP contribution >= 0.6 is 0 Å². The number of aryl methyl sites for hydroxylation is 1. The van der Waals surface area contributed by atoms with Crippen molar-refractivity contribution in [1.82, 2.24) is 4.72 Å². The van der Waals surface area contributed by atoms with Crippen molar-refractivity contribution in [3.05, 3.63) is 59.7 Å². The molecule has 128 valence electrons. The van der Waals surface area contributed by atoms with E-state index in [1.165, 1.54) is 24.3 Å². The van der Waals surface area contributed by atoms with Gasteiger partial charge in [0, 0.05) is 12.2 Å². The highest BCUT2D eigenvalue weighted by molar-refractivity contribution is 7.89. The summed E-state index contributed by atoms with van der Waals surface area (Å²) in [5, 5.41) is 8.91. The molecule has 1 aliphatic heterocycles. The Morgan fingerprint density at radius 2 is 1.92 bits per heavy atom. The van der Waals surface area contributed by atoms with Crippen molar-refractivity contribution in [2.24, 2.45) is 0 Å². The molecule has 1 aliphatic rings. The van der Waals surface area contributed by atoms with E-state index in [4.69, 9.17) is 5.26 Å². The molecular formula is C18H17N3O3S. The van der Waals surface area contributed by atoms with Gasteiger partial charge in [-0.05, 0) is 43.7 Å². The van der Waals surface area contributed by atoms with Crippen molar-refractivity contribution < 1.29 is 13.2 Å². The quantitative estimate of drug-likeness (QED) is 0.908. The first-order valence-electron chi connectivity index (χ1n) is 7.81. The Morgan fingerprint density at radius 3 is 2.60 bits per heavy atom. The number of carbonyl (C=O) groups is 1. The summed E-state index contributed by atoms with van der Waals surface area (Å²) in [5.74, 6) is -0.274. The lowest BCUT2D eigenvalue weighted by atomic mass is 10.2. The minimum Gasteiger partial charge on any atom is -0.311 e. The lowest BCUT2D eigenvalue weighted by molar-refractivity contribution is -0.118. The Labute approximate surface area is 146 Å². The number of carbonyl (C=O) groups excluding carboxylic acids is 1. The number of anilines is 1. The Hall–Kier alpha value is -2.69. The predicted molar refractivity (Wildman–Crippen MR) is 93.4 cm³/mol. The van der Waals surface area contributed by atoms with Gasteiger partial charge < -0.3 is 4.90 Å². The maximum Gasteiger partial charge on any atom is 0.245 e. The van der Waals surface area contributed by atoms with Crippen molar-refractivity contribution in [3.8, 4) is 6.07 Å². The summed E-state index contributed by atoms with van der Waals surface area (Å²) in [4.78, 5) is 14.1. The molecule has 0 aliphatic carbocycles. The second kappa shape index (κ2) is 6.67. The van der Waals surface area contributed by atoms with E-state index in [0.29, 0.717) is 13.0 Å². The second-order valence-electron chi connectivity index (χ2n) is 5.93. The van der Waals surface area contributed by atoms with Gasteiger partial charge in [0.25, 0.3) is 0 Å². The van der Waals surface area contributed by atoms with E-state index in [9.17, 15) is 13.2 Å². The number of benzene rings is 2. The summed E-state index contributed by atoms with van der Waals surface area (Å²) in [7, 11) is -3.87. The maximum atomic E-state index is 12.6. The number of nitriles is 1. The molecule has 1 saturated heterocycles. The summed E-state index contributed by atoms with van der Waals surface area (Å²) >= 11 is 0. The van der Waals surface area contributed by atoms with Crippen LogP contribution in [0.1, 0.15) is 17.5 Å². The van der Waals surface area contributed by atoms with Crippen LogP contribution < -0.4 is 9.62 Å². The van der Waals surface area contributed by atoms with Crippen LogP contribution in [0.25, 0.3) is 0 Å². The summed E-state index contributed by atoms with van der Waals surface area (Å²) < 4.78 is 27.5. The fourth-order valence-corrected chi connectivity index (χ4v) is 4.03. The molecule has 6 nitrogen and oxygen atoms in total. The molecule has 1 N–H and O–H groups in total. The number of rotatable bonds is 4. The Morgan fingerprint density at radius 1 is 1.20 bits per heavy atom. The van der Waals surface area contributed by atoms with E-state index in [2.05, 4.69) is 4.72 Å². The zero-order valence-corrected chi connectivity index (χ0v) is 14.5. The summed E-state index contributed by atoms with van der Waals surface area (Å²) in [6, 6.07) is 14.3. The van der Waals surface area contributed by atoms with Crippen LogP contribution in [-0.4, -0.2) is 26.9 Å². The summed E-state index contributed by atoms with van der Waals surface area (Å²) in [6.45, 7) is 2.41. The van der Waals surface area contributed by atoms with Gasteiger partial charge >= 0.3 is 0 Å². The third kappa shape index (κ3) is 3.55. The SMILES string of the molecule is Cc1ccc(N2CC[C@H](NS(=O)(=O)c3cccc(C#N)c3)C2=O)cc1. The molecule has 0 spiro atoms. The maximum absolute atomic E-state index is 12.6. The number of sulfonamides is 1. The van der Waals surface area contributed by atoms with Crippen molar-refractivity contribution in [2.75, 3.05) is 11.4 Å². The normalized spacial score (nSPS) is 17.5. The van der Waals surface area contributed by atoms with Gasteiger partial charge in [0.15, 0.2) is 0 Å². The van der Waals surface area contributed by atoms with E-state index in [1.54, 1.807) is 4.90 Å². The van der Waals surface area contributed by atoms with Crippen molar-refractivity contribution >= 4 is 21.6 Å². The molecule has 7 heteroatoms. The van der Waals surface area contributed by atoms with Crippen LogP contribution in [-0.2, 0) is 14.8 Å². The number of hydrogen-bond acceptors (Lipinski definition) is 4. The van der Waals surface area contributed by atoms with Gasteiger partial charge in [-0.3, -0.25) is 4.79 Å². The zero-order chi connectivity index (χ0) is 18.0. The number of nitrogens with one attached hydrogen (secondary N) is 1. The highest BCUT2D eigenvalue weighted by atomic mass is 32.2. The molecule has 1 atom stereocenters. The Balaban J connectivity index is 1.78. The van der Waals surface area contributed by atoms with Gasteiger partial charge in [-0.15, -0.1) is 0 Å². The van der Waals surface area contributed by atoms with Crippen LogP contribution in [0.2, 0.25) is 0 Å². The monoisotopic (exact) mass is 355 g/mol. The molecule has 3 rings (SSSR count). The molecular weight excluding hydrogens is 338 g/mol. The van der Waals surface area contributed by atoms with Crippen LogP contribution in [0.3, 0.4) is 0 Å². The van der Waals surface area contributed by atoms with Crippen LogP contribution in [0.5, 0.6) is 0 Å². The minimum atomic E-state index is -3.87. The van der Waals surface area contributed by atoms with Crippen molar-refractivity contribution in [2.45, 2.75) is 24.3 Å². The lowest BCUT2D eigenvalue weighted by Crippen LogP contribution is -2.41. The van der Waals surface area contributed by atoms with E-state index < -0.39 is 16.1 Å². The van der Waals surface area contributed by atoms with E-state index in [1.807, 2.05) is 37.3 Å². The largest absolute Gasteiger partial charge is 0.311 e. The smallest absolute Gasteiger partial charge is 0.245 e. The highest BCUT2D eigenvalue weighted by Crippen LogP contribution is 2.23. The van der Waals surface area contributed by atoms with Crippen LogP contribution in [0.4, 0.5) is 5.69 Å². The lowest BCUT2D eigenvalue weighted by Gasteiger charge is -2.17. The first-order chi connectivity index (χ1) is 11.9. The molecule has 2 aromatic rings. The molecule has 0 saturated carbocycles. The summed E-state index contributed by atoms with van der Waals surface area (Å²) in [5.41, 5.74) is 2.09. The third-order valence-electron chi connectivity index (χ3n) is 4.12. The zero-order valence-electron chi connectivity index (χ0n) is 13.6. The second-order valence-corrected chi connectivity index (χ2v) is 7.64. The molecule has 0 aromatic heterocycles. The molecule has 0 unspecified atom stereocenters. The Bertz CT molecular complexity index is 946. The minimum absolute atomic E-state index is 0.0202. The van der Waals surface area contributed by atoms with Gasteiger partial charge in [0.05, 0.1) is 16.5 Å². The fraction of sp³-hybridized carbons (Fsp3) is 0.222. The first-order valence-corrected chi connectivity index (χ1v) is 9.29. The highest BCUT2D eigenvalue weighted by Gasteiger charge is 2.35. The number of amides is 1. The summed E-state index contributed by atoms with van der Waals surface area (Å²) in [6.07, 6.45) is 0.393. The van der Waals surface area contributed by atoms with Gasteiger partial charge in [-0.1, -0.05) is 23.8 Å². The average molecular weight is 355 g/mol. The molecule has 0 radical (unpaired) electrons. The van der Waals surface area contributed by atoms with Crippen LogP contribution in [0, 0.1) is 18.3 Å². The van der Waals surface area contributed by atoms with Gasteiger partial charge in [-0.2, -0.15) is 9.98 Å². The van der Waals surface area contributed by atoms with Gasteiger partial charge in [0.1, 0.15) is 6.04 Å². The van der Waals surface area contributed by atoms with Crippen molar-refractivity contribution in [1.29, 1.82) is 5.26 Å². The number of nitrogens with zero attached hydrogens (tertiary/aromatic N) is 2. The third-order valence-corrected chi connectivity index (χ3v) is 5.59. The molecule has 1 heterocycles. The van der Waals surface area contributed by atoms with E-state index in [-0.39, 0.29) is 16.4 Å². The fourth-order valence-electron chi connectivity index (χ4n) is 2.76. The standard InChI is InChI=1S/C18H17N3O3S/c1-13-5-7-15(8-6-13)21-10-9-17(18(21)22)20-25(23,24)16-4-2-3-14(11-16)12-19/h2-8,11,17,20H,9-10H2,1H3/t17-/m0/s1. The topological polar surface area (TPSA) is 90.3 Å². The molecule has 25 heavy (non-hydrogen) atoms. The number of hydrogen-bond donors (Lipinski definition) is 1. The van der Waals surface area contributed by atoms with Crippen molar-refractivity contribution in [3.63, 3.8) is 0 Å². The van der Waals surface area contributed by atoms with E-state index in [0.717, 1.165) is 11.3 Å². The van der Waals surface area contributed by atoms with Crippen LogP contribution in [0.15, 0.2) is 53.4 Å². The van der Waals surface area contributed by atoms with Gasteiger partial charge in [0.2, 0.25) is 15.9 Å².